The monoisotopic (exact) mass is 355 g/mol. The second kappa shape index (κ2) is 6.26. The number of halogens is 1. The average molecular weight is 356 g/mol. The lowest BCUT2D eigenvalue weighted by molar-refractivity contribution is 0.0729. The molecule has 0 bridgehead atoms. The molecule has 0 unspecified atom stereocenters. The van der Waals surface area contributed by atoms with Crippen LogP contribution in [0.15, 0.2) is 60.1 Å². The molecule has 0 saturated carbocycles. The van der Waals surface area contributed by atoms with Crippen LogP contribution in [0.4, 0.5) is 5.69 Å². The number of hydrogen-bond donors (Lipinski definition) is 1. The second-order valence-electron chi connectivity index (χ2n) is 5.50. The van der Waals surface area contributed by atoms with Crippen molar-refractivity contribution in [2.45, 2.75) is 12.7 Å². The van der Waals surface area contributed by atoms with E-state index in [1.807, 2.05) is 52.7 Å². The van der Waals surface area contributed by atoms with E-state index in [-0.39, 0.29) is 12.1 Å². The summed E-state index contributed by atoms with van der Waals surface area (Å²) in [4.78, 5) is 20.2. The lowest BCUT2D eigenvalue weighted by Crippen LogP contribution is -2.31. The van der Waals surface area contributed by atoms with Gasteiger partial charge in [0.1, 0.15) is 6.17 Å². The van der Waals surface area contributed by atoms with Gasteiger partial charge in [-0.1, -0.05) is 17.7 Å². The first kappa shape index (κ1) is 15.2. The van der Waals surface area contributed by atoms with Crippen molar-refractivity contribution in [1.82, 2.24) is 9.88 Å². The highest BCUT2D eigenvalue weighted by Crippen LogP contribution is 2.34. The van der Waals surface area contributed by atoms with Crippen LogP contribution in [0.1, 0.15) is 27.1 Å². The number of nitrogens with zero attached hydrogens (tertiary/aromatic N) is 2. The number of pyridine rings is 1. The predicted octanol–water partition coefficient (Wildman–Crippen LogP) is 4.56. The van der Waals surface area contributed by atoms with Gasteiger partial charge in [-0.3, -0.25) is 9.78 Å². The predicted molar refractivity (Wildman–Crippen MR) is 96.2 cm³/mol. The Kier molecular flexibility index (Phi) is 3.96. The number of hydrogen-bond acceptors (Lipinski definition) is 4. The molecule has 2 aromatic heterocycles. The summed E-state index contributed by atoms with van der Waals surface area (Å²) in [5.74, 6) is -0.00189. The van der Waals surface area contributed by atoms with Crippen molar-refractivity contribution in [2.24, 2.45) is 0 Å². The summed E-state index contributed by atoms with van der Waals surface area (Å²) < 4.78 is 0. The Morgan fingerprint density at radius 3 is 2.75 bits per heavy atom. The van der Waals surface area contributed by atoms with Crippen LogP contribution >= 0.6 is 22.9 Å². The summed E-state index contributed by atoms with van der Waals surface area (Å²) in [6.45, 7) is 0.554. The van der Waals surface area contributed by atoms with E-state index in [2.05, 4.69) is 10.3 Å². The third kappa shape index (κ3) is 2.77. The lowest BCUT2D eigenvalue weighted by Gasteiger charge is -2.26. The summed E-state index contributed by atoms with van der Waals surface area (Å²) in [6.07, 6.45) is 1.43. The topological polar surface area (TPSA) is 45.2 Å². The first-order valence-electron chi connectivity index (χ1n) is 7.53. The SMILES string of the molecule is O=C1c2cccnc2[C@H](Nc2ccc(Cl)cc2)N1Cc1cccs1. The molecule has 0 radical (unpaired) electrons. The van der Waals surface area contributed by atoms with E-state index in [0.29, 0.717) is 17.1 Å². The van der Waals surface area contributed by atoms with Crippen LogP contribution in [-0.4, -0.2) is 15.8 Å². The first-order valence-corrected chi connectivity index (χ1v) is 8.78. The highest BCUT2D eigenvalue weighted by molar-refractivity contribution is 7.09. The van der Waals surface area contributed by atoms with Crippen molar-refractivity contribution >= 4 is 34.5 Å². The van der Waals surface area contributed by atoms with Crippen LogP contribution in [0.2, 0.25) is 5.02 Å². The zero-order valence-corrected chi connectivity index (χ0v) is 14.2. The van der Waals surface area contributed by atoms with Crippen molar-refractivity contribution in [3.8, 4) is 0 Å². The van der Waals surface area contributed by atoms with Gasteiger partial charge in [-0.05, 0) is 47.8 Å². The summed E-state index contributed by atoms with van der Waals surface area (Å²) in [5, 5.41) is 6.10. The molecule has 6 heteroatoms. The van der Waals surface area contributed by atoms with Gasteiger partial charge in [0.25, 0.3) is 5.91 Å². The zero-order chi connectivity index (χ0) is 16.5. The number of rotatable bonds is 4. The minimum absolute atomic E-state index is 0.00189. The largest absolute Gasteiger partial charge is 0.360 e. The molecule has 0 fully saturated rings. The number of thiophene rings is 1. The van der Waals surface area contributed by atoms with Crippen LogP contribution in [0.25, 0.3) is 0 Å². The van der Waals surface area contributed by atoms with E-state index in [4.69, 9.17) is 11.6 Å². The molecule has 3 aromatic rings. The molecule has 1 aromatic carbocycles. The van der Waals surface area contributed by atoms with Gasteiger partial charge in [0.05, 0.1) is 17.8 Å². The molecule has 4 nitrogen and oxygen atoms in total. The fourth-order valence-corrected chi connectivity index (χ4v) is 3.65. The molecule has 1 aliphatic rings. The van der Waals surface area contributed by atoms with Gasteiger partial charge in [0, 0.05) is 21.8 Å². The highest BCUT2D eigenvalue weighted by atomic mass is 35.5. The lowest BCUT2D eigenvalue weighted by atomic mass is 10.2. The summed E-state index contributed by atoms with van der Waals surface area (Å²) in [7, 11) is 0. The van der Waals surface area contributed by atoms with Gasteiger partial charge in [0.15, 0.2) is 0 Å². The Balaban J connectivity index is 1.68. The van der Waals surface area contributed by atoms with E-state index in [1.165, 1.54) is 0 Å². The van der Waals surface area contributed by atoms with Crippen LogP contribution in [0, 0.1) is 0 Å². The van der Waals surface area contributed by atoms with Crippen molar-refractivity contribution in [3.05, 3.63) is 81.3 Å². The van der Waals surface area contributed by atoms with Crippen LogP contribution in [-0.2, 0) is 6.54 Å². The Hall–Kier alpha value is -2.37. The third-order valence-corrected chi connectivity index (χ3v) is 5.07. The van der Waals surface area contributed by atoms with Gasteiger partial charge >= 0.3 is 0 Å². The summed E-state index contributed by atoms with van der Waals surface area (Å²) in [5.41, 5.74) is 2.31. The van der Waals surface area contributed by atoms with Crippen LogP contribution in [0.5, 0.6) is 0 Å². The molecule has 4 rings (SSSR count). The Morgan fingerprint density at radius 2 is 2.00 bits per heavy atom. The smallest absolute Gasteiger partial charge is 0.258 e. The molecule has 1 aliphatic heterocycles. The van der Waals surface area contributed by atoms with E-state index in [9.17, 15) is 4.79 Å². The maximum Gasteiger partial charge on any atom is 0.258 e. The number of carbonyl (C=O) groups excluding carboxylic acids is 1. The number of nitrogens with one attached hydrogen (secondary N) is 1. The number of fused-ring (bicyclic) bond motifs is 1. The zero-order valence-electron chi connectivity index (χ0n) is 12.6. The Morgan fingerprint density at radius 1 is 1.17 bits per heavy atom. The van der Waals surface area contributed by atoms with Gasteiger partial charge in [-0.25, -0.2) is 0 Å². The molecule has 1 amide bonds. The Bertz CT molecular complexity index is 864. The minimum atomic E-state index is -0.294. The average Bonchev–Trinajstić information content (AvgIpc) is 3.20. The van der Waals surface area contributed by atoms with Crippen molar-refractivity contribution in [3.63, 3.8) is 0 Å². The van der Waals surface area contributed by atoms with E-state index in [1.54, 1.807) is 23.6 Å². The van der Waals surface area contributed by atoms with Crippen LogP contribution in [0.3, 0.4) is 0 Å². The van der Waals surface area contributed by atoms with E-state index >= 15 is 0 Å². The van der Waals surface area contributed by atoms with Gasteiger partial charge in [0.2, 0.25) is 0 Å². The number of aromatic nitrogens is 1. The molecule has 1 atom stereocenters. The van der Waals surface area contributed by atoms with Gasteiger partial charge in [-0.15, -0.1) is 11.3 Å². The maximum absolute atomic E-state index is 12.8. The van der Waals surface area contributed by atoms with Crippen LogP contribution < -0.4 is 5.32 Å². The molecule has 0 aliphatic carbocycles. The molecule has 0 spiro atoms. The number of amides is 1. The fraction of sp³-hybridized carbons (Fsp3) is 0.111. The van der Waals surface area contributed by atoms with Gasteiger partial charge in [-0.2, -0.15) is 0 Å². The second-order valence-corrected chi connectivity index (χ2v) is 6.97. The highest BCUT2D eigenvalue weighted by Gasteiger charge is 2.37. The molecule has 24 heavy (non-hydrogen) atoms. The van der Waals surface area contributed by atoms with E-state index < -0.39 is 0 Å². The standard InChI is InChI=1S/C18H14ClN3OS/c19-12-5-7-13(8-6-12)21-17-16-15(4-1-9-20-16)18(23)22(17)11-14-3-2-10-24-14/h1-10,17,21H,11H2/t17-/m1/s1. The minimum Gasteiger partial charge on any atom is -0.360 e. The Labute approximate surface area is 148 Å². The van der Waals surface area contributed by atoms with Crippen molar-refractivity contribution in [2.75, 3.05) is 5.32 Å². The quantitative estimate of drug-likeness (QED) is 0.746. The molecule has 0 saturated heterocycles. The van der Waals surface area contributed by atoms with Crippen molar-refractivity contribution in [1.29, 1.82) is 0 Å². The number of carbonyl (C=O) groups is 1. The molecular formula is C18H14ClN3OS. The molecule has 3 heterocycles. The van der Waals surface area contributed by atoms with E-state index in [0.717, 1.165) is 16.3 Å². The molecule has 120 valence electrons. The van der Waals surface area contributed by atoms with Gasteiger partial charge < -0.3 is 10.2 Å². The summed E-state index contributed by atoms with van der Waals surface area (Å²) in [6, 6.07) is 15.1. The summed E-state index contributed by atoms with van der Waals surface area (Å²) >= 11 is 7.59. The van der Waals surface area contributed by atoms with Crippen molar-refractivity contribution < 1.29 is 4.79 Å². The molecular weight excluding hydrogens is 342 g/mol. The third-order valence-electron chi connectivity index (χ3n) is 3.95. The first-order chi connectivity index (χ1) is 11.7. The maximum atomic E-state index is 12.8. The molecule has 1 N–H and O–H groups in total. The number of benzene rings is 1. The normalized spacial score (nSPS) is 16.3. The fourth-order valence-electron chi connectivity index (χ4n) is 2.82. The number of anilines is 1.